The van der Waals surface area contributed by atoms with E-state index in [1.54, 1.807) is 12.3 Å². The van der Waals surface area contributed by atoms with Crippen LogP contribution in [0.15, 0.2) is 30.5 Å². The zero-order chi connectivity index (χ0) is 24.8. The van der Waals surface area contributed by atoms with Crippen molar-refractivity contribution in [1.82, 2.24) is 14.7 Å². The number of carbonyl (C=O) groups excluding carboxylic acids is 2. The molecule has 0 spiro atoms. The van der Waals surface area contributed by atoms with Crippen molar-refractivity contribution in [3.8, 4) is 0 Å². The predicted octanol–water partition coefficient (Wildman–Crippen LogP) is 3.32. The Morgan fingerprint density at radius 1 is 1.09 bits per heavy atom. The van der Waals surface area contributed by atoms with Gasteiger partial charge in [0.05, 0.1) is 36.3 Å². The van der Waals surface area contributed by atoms with E-state index < -0.39 is 11.9 Å². The molecule has 3 N–H and O–H groups in total. The average Bonchev–Trinajstić information content (AvgIpc) is 3.08. The van der Waals surface area contributed by atoms with E-state index in [4.69, 9.17) is 9.84 Å². The van der Waals surface area contributed by atoms with Crippen LogP contribution >= 0.6 is 0 Å². The van der Waals surface area contributed by atoms with Gasteiger partial charge in [0.15, 0.2) is 5.65 Å². The molecule has 0 radical (unpaired) electrons. The van der Waals surface area contributed by atoms with Gasteiger partial charge in [-0.15, -0.1) is 0 Å². The van der Waals surface area contributed by atoms with Gasteiger partial charge in [0, 0.05) is 18.4 Å². The number of carboxylic acid groups (broad SMARTS) is 1. The number of amides is 1. The van der Waals surface area contributed by atoms with Crippen molar-refractivity contribution < 1.29 is 24.2 Å². The highest BCUT2D eigenvalue weighted by atomic mass is 16.5. The molecule has 1 amide bonds. The number of hydrogen-bond acceptors (Lipinski definition) is 6. The number of esters is 1. The second-order valence-electron chi connectivity index (χ2n) is 8.21. The topological polar surface area (TPSA) is 122 Å². The number of fused-ring (bicyclic) bond motifs is 1. The van der Waals surface area contributed by atoms with Gasteiger partial charge in [0.1, 0.15) is 6.61 Å². The van der Waals surface area contributed by atoms with Crippen LogP contribution in [-0.2, 0) is 20.9 Å². The van der Waals surface area contributed by atoms with Gasteiger partial charge >= 0.3 is 11.9 Å². The lowest BCUT2D eigenvalue weighted by Gasteiger charge is -2.14. The lowest BCUT2D eigenvalue weighted by molar-refractivity contribution is -0.147. The molecule has 2 aromatic heterocycles. The molecule has 0 fully saturated rings. The summed E-state index contributed by atoms with van der Waals surface area (Å²) in [6, 6.07) is 7.94. The number of nitrogens with one attached hydrogen (secondary N) is 2. The van der Waals surface area contributed by atoms with Gasteiger partial charge < -0.3 is 24.9 Å². The average molecular weight is 467 g/mol. The third kappa shape index (κ3) is 5.92. The highest BCUT2D eigenvalue weighted by Crippen LogP contribution is 2.24. The molecule has 0 unspecified atom stereocenters. The molecular formula is C25H30N4O5. The molecule has 3 rings (SSSR count). The van der Waals surface area contributed by atoms with Gasteiger partial charge in [-0.05, 0) is 50.5 Å². The summed E-state index contributed by atoms with van der Waals surface area (Å²) in [6.07, 6.45) is 1.25. The van der Waals surface area contributed by atoms with Crippen molar-refractivity contribution in [2.24, 2.45) is 0 Å². The third-order valence-electron chi connectivity index (χ3n) is 5.75. The molecule has 9 heteroatoms. The van der Waals surface area contributed by atoms with E-state index in [2.05, 4.69) is 41.6 Å². The van der Waals surface area contributed by atoms with Crippen LogP contribution < -0.4 is 10.6 Å². The maximum atomic E-state index is 12.8. The second kappa shape index (κ2) is 10.8. The Kier molecular flexibility index (Phi) is 7.88. The zero-order valence-electron chi connectivity index (χ0n) is 19.9. The van der Waals surface area contributed by atoms with Crippen LogP contribution in [0.3, 0.4) is 0 Å². The number of hydrogen-bond donors (Lipinski definition) is 3. The van der Waals surface area contributed by atoms with E-state index >= 15 is 0 Å². The molecule has 1 aromatic carbocycles. The highest BCUT2D eigenvalue weighted by molar-refractivity contribution is 5.96. The molecule has 0 aliphatic carbocycles. The van der Waals surface area contributed by atoms with E-state index in [1.165, 1.54) is 16.7 Å². The summed E-state index contributed by atoms with van der Waals surface area (Å²) in [5, 5.41) is 14.8. The van der Waals surface area contributed by atoms with Crippen LogP contribution in [-0.4, -0.2) is 45.5 Å². The number of ether oxygens (including phenoxy) is 1. The fourth-order valence-electron chi connectivity index (χ4n) is 3.65. The molecular weight excluding hydrogens is 436 g/mol. The monoisotopic (exact) mass is 466 g/mol. The van der Waals surface area contributed by atoms with E-state index in [-0.39, 0.29) is 31.9 Å². The number of aromatic nitrogens is 2. The molecule has 0 atom stereocenters. The summed E-state index contributed by atoms with van der Waals surface area (Å²) in [4.78, 5) is 39.5. The van der Waals surface area contributed by atoms with Gasteiger partial charge in [0.2, 0.25) is 0 Å². The Balaban J connectivity index is 1.72. The molecule has 2 heterocycles. The molecule has 180 valence electrons. The number of nitrogens with zero attached hydrogens (tertiary/aromatic N) is 2. The number of aliphatic carboxylic acids is 1. The molecule has 0 aliphatic rings. The van der Waals surface area contributed by atoms with Crippen LogP contribution in [0.5, 0.6) is 0 Å². The maximum absolute atomic E-state index is 12.8. The van der Waals surface area contributed by atoms with Gasteiger partial charge in [0.25, 0.3) is 5.91 Å². The van der Waals surface area contributed by atoms with Crippen LogP contribution in [0.1, 0.15) is 51.3 Å². The maximum Gasteiger partial charge on any atom is 0.306 e. The minimum Gasteiger partial charge on any atom is -0.481 e. The van der Waals surface area contributed by atoms with Crippen molar-refractivity contribution in [2.45, 2.75) is 47.1 Å². The smallest absolute Gasteiger partial charge is 0.306 e. The molecule has 0 saturated carbocycles. The van der Waals surface area contributed by atoms with Crippen LogP contribution in [0.25, 0.3) is 5.65 Å². The highest BCUT2D eigenvalue weighted by Gasteiger charge is 2.15. The number of imidazole rings is 1. The molecule has 3 aromatic rings. The summed E-state index contributed by atoms with van der Waals surface area (Å²) in [5.41, 5.74) is 7.30. The van der Waals surface area contributed by atoms with E-state index in [0.717, 1.165) is 22.7 Å². The van der Waals surface area contributed by atoms with E-state index in [9.17, 15) is 14.4 Å². The van der Waals surface area contributed by atoms with Crippen molar-refractivity contribution in [1.29, 1.82) is 0 Å². The Hall–Kier alpha value is -3.88. The normalized spacial score (nSPS) is 10.8. The number of carboxylic acids is 1. The summed E-state index contributed by atoms with van der Waals surface area (Å²) in [5.74, 6) is -1.99. The second-order valence-corrected chi connectivity index (χ2v) is 8.21. The number of rotatable bonds is 10. The lowest BCUT2D eigenvalue weighted by Crippen LogP contribution is -2.28. The van der Waals surface area contributed by atoms with Crippen molar-refractivity contribution in [3.63, 3.8) is 0 Å². The number of carbonyl (C=O) groups is 3. The Morgan fingerprint density at radius 2 is 1.79 bits per heavy atom. The van der Waals surface area contributed by atoms with E-state index in [0.29, 0.717) is 12.1 Å². The molecule has 9 nitrogen and oxygen atoms in total. The van der Waals surface area contributed by atoms with Crippen LogP contribution in [0.2, 0.25) is 0 Å². The minimum atomic E-state index is -1.06. The Bertz CT molecular complexity index is 1210. The first kappa shape index (κ1) is 24.8. The number of pyridine rings is 1. The summed E-state index contributed by atoms with van der Waals surface area (Å²) in [7, 11) is 0. The first-order chi connectivity index (χ1) is 16.2. The SMILES string of the molecule is Cc1cccc(C)c1CNc1cc(C(=O)NCCOC(=O)CCC(=O)O)cn2c(C)c(C)nc12. The zero-order valence-corrected chi connectivity index (χ0v) is 19.9. The quantitative estimate of drug-likeness (QED) is 0.309. The van der Waals surface area contributed by atoms with Gasteiger partial charge in [-0.3, -0.25) is 14.4 Å². The minimum absolute atomic E-state index is 0.0344. The number of anilines is 1. The Labute approximate surface area is 198 Å². The summed E-state index contributed by atoms with van der Waals surface area (Å²) in [6.45, 7) is 8.69. The first-order valence-corrected chi connectivity index (χ1v) is 11.1. The molecule has 0 saturated heterocycles. The molecule has 34 heavy (non-hydrogen) atoms. The van der Waals surface area contributed by atoms with Gasteiger partial charge in [-0.2, -0.15) is 0 Å². The summed E-state index contributed by atoms with van der Waals surface area (Å²) < 4.78 is 6.85. The van der Waals surface area contributed by atoms with Crippen LogP contribution in [0.4, 0.5) is 5.69 Å². The van der Waals surface area contributed by atoms with Crippen molar-refractivity contribution in [2.75, 3.05) is 18.5 Å². The number of benzene rings is 1. The van der Waals surface area contributed by atoms with Crippen LogP contribution in [0, 0.1) is 27.7 Å². The fraction of sp³-hybridized carbons (Fsp3) is 0.360. The predicted molar refractivity (Wildman–Crippen MR) is 128 cm³/mol. The summed E-state index contributed by atoms with van der Waals surface area (Å²) >= 11 is 0. The molecule has 0 bridgehead atoms. The van der Waals surface area contributed by atoms with E-state index in [1.807, 2.05) is 24.3 Å². The molecule has 0 aliphatic heterocycles. The first-order valence-electron chi connectivity index (χ1n) is 11.1. The fourth-order valence-corrected chi connectivity index (χ4v) is 3.65. The van der Waals surface area contributed by atoms with Gasteiger partial charge in [-0.25, -0.2) is 4.98 Å². The van der Waals surface area contributed by atoms with Crippen molar-refractivity contribution in [3.05, 3.63) is 64.1 Å². The lowest BCUT2D eigenvalue weighted by atomic mass is 10.0. The standard InChI is InChI=1S/C25H30N4O5/c1-15-6-5-7-16(2)20(15)13-27-21-12-19(14-29-18(4)17(3)28-24(21)29)25(33)26-10-11-34-23(32)9-8-22(30)31/h5-7,12,14,27H,8-11,13H2,1-4H3,(H,26,33)(H,30,31). The number of aryl methyl sites for hydroxylation is 4. The largest absolute Gasteiger partial charge is 0.481 e. The van der Waals surface area contributed by atoms with Gasteiger partial charge in [-0.1, -0.05) is 18.2 Å². The van der Waals surface area contributed by atoms with Crippen molar-refractivity contribution >= 4 is 29.2 Å². The Morgan fingerprint density at radius 3 is 2.47 bits per heavy atom. The third-order valence-corrected chi connectivity index (χ3v) is 5.75.